The van der Waals surface area contributed by atoms with Crippen molar-refractivity contribution in [2.45, 2.75) is 31.7 Å². The van der Waals surface area contributed by atoms with Gasteiger partial charge in [-0.2, -0.15) is 0 Å². The summed E-state index contributed by atoms with van der Waals surface area (Å²) in [4.78, 5) is 0. The summed E-state index contributed by atoms with van der Waals surface area (Å²) in [7, 11) is 0. The topological polar surface area (TPSA) is 35.2 Å². The molecule has 0 aliphatic heterocycles. The standard InChI is InChI=1S/C13H14F3NO/c14-13(15,16)18-12-7-2-1-6-11(12)9-4-3-5-10(17)8-9/h1-2,6-8,10H,3-5,17H2. The highest BCUT2D eigenvalue weighted by Crippen LogP contribution is 2.35. The number of allylic oxidation sites excluding steroid dienone is 1. The fourth-order valence-corrected chi connectivity index (χ4v) is 2.12. The van der Waals surface area contributed by atoms with Crippen LogP contribution in [0.2, 0.25) is 0 Å². The van der Waals surface area contributed by atoms with Crippen LogP contribution >= 0.6 is 0 Å². The second-order valence-electron chi connectivity index (χ2n) is 4.29. The summed E-state index contributed by atoms with van der Waals surface area (Å²) in [6.07, 6.45) is -0.374. The third kappa shape index (κ3) is 3.26. The van der Waals surface area contributed by atoms with Crippen molar-refractivity contribution in [3.63, 3.8) is 0 Å². The molecular weight excluding hydrogens is 243 g/mol. The van der Waals surface area contributed by atoms with Crippen LogP contribution in [0.4, 0.5) is 13.2 Å². The van der Waals surface area contributed by atoms with E-state index in [9.17, 15) is 13.2 Å². The molecule has 0 aromatic heterocycles. The number of hydrogen-bond donors (Lipinski definition) is 1. The van der Waals surface area contributed by atoms with Gasteiger partial charge in [-0.15, -0.1) is 13.2 Å². The van der Waals surface area contributed by atoms with Crippen LogP contribution in [0.15, 0.2) is 30.3 Å². The summed E-state index contributed by atoms with van der Waals surface area (Å²) in [6, 6.07) is 6.08. The molecule has 0 heterocycles. The Morgan fingerprint density at radius 1 is 1.22 bits per heavy atom. The van der Waals surface area contributed by atoms with Gasteiger partial charge in [-0.1, -0.05) is 24.3 Å². The van der Waals surface area contributed by atoms with Gasteiger partial charge in [-0.25, -0.2) is 0 Å². The molecule has 1 aromatic carbocycles. The maximum absolute atomic E-state index is 12.3. The second-order valence-corrected chi connectivity index (χ2v) is 4.29. The second kappa shape index (κ2) is 5.02. The number of ether oxygens (including phenoxy) is 1. The van der Waals surface area contributed by atoms with Gasteiger partial charge in [0.15, 0.2) is 0 Å². The van der Waals surface area contributed by atoms with Crippen molar-refractivity contribution in [1.82, 2.24) is 0 Å². The predicted molar refractivity (Wildman–Crippen MR) is 62.9 cm³/mol. The third-order valence-corrected chi connectivity index (χ3v) is 2.86. The van der Waals surface area contributed by atoms with E-state index >= 15 is 0 Å². The van der Waals surface area contributed by atoms with E-state index < -0.39 is 6.36 Å². The first-order valence-electron chi connectivity index (χ1n) is 5.77. The first-order valence-corrected chi connectivity index (χ1v) is 5.77. The lowest BCUT2D eigenvalue weighted by Crippen LogP contribution is -2.21. The number of halogens is 3. The van der Waals surface area contributed by atoms with Crippen molar-refractivity contribution in [1.29, 1.82) is 0 Å². The minimum absolute atomic E-state index is 0.0901. The molecule has 0 fully saturated rings. The monoisotopic (exact) mass is 257 g/mol. The third-order valence-electron chi connectivity index (χ3n) is 2.86. The molecule has 0 amide bonds. The SMILES string of the molecule is NC1C=C(c2ccccc2OC(F)(F)F)CCC1. The Morgan fingerprint density at radius 2 is 1.94 bits per heavy atom. The summed E-state index contributed by atoms with van der Waals surface area (Å²) in [5.41, 5.74) is 7.10. The molecule has 0 saturated carbocycles. The minimum Gasteiger partial charge on any atom is -0.405 e. The van der Waals surface area contributed by atoms with E-state index in [0.29, 0.717) is 5.56 Å². The van der Waals surface area contributed by atoms with Gasteiger partial charge >= 0.3 is 6.36 Å². The summed E-state index contributed by atoms with van der Waals surface area (Å²) >= 11 is 0. The summed E-state index contributed by atoms with van der Waals surface area (Å²) in [5, 5.41) is 0. The van der Waals surface area contributed by atoms with Crippen LogP contribution in [0.3, 0.4) is 0 Å². The normalized spacial score (nSPS) is 20.4. The van der Waals surface area contributed by atoms with Crippen LogP contribution in [-0.2, 0) is 0 Å². The molecule has 1 aliphatic carbocycles. The van der Waals surface area contributed by atoms with Gasteiger partial charge in [0.2, 0.25) is 0 Å². The lowest BCUT2D eigenvalue weighted by atomic mass is 9.91. The Kier molecular flexibility index (Phi) is 3.61. The van der Waals surface area contributed by atoms with Crippen LogP contribution in [0.1, 0.15) is 24.8 Å². The van der Waals surface area contributed by atoms with Crippen LogP contribution < -0.4 is 10.5 Å². The van der Waals surface area contributed by atoms with Crippen LogP contribution in [0.5, 0.6) is 5.75 Å². The maximum Gasteiger partial charge on any atom is 0.573 e. The summed E-state index contributed by atoms with van der Waals surface area (Å²) in [5.74, 6) is -0.162. The molecule has 0 radical (unpaired) electrons. The quantitative estimate of drug-likeness (QED) is 0.880. The van der Waals surface area contributed by atoms with E-state index in [0.717, 1.165) is 24.8 Å². The van der Waals surface area contributed by atoms with E-state index in [4.69, 9.17) is 5.73 Å². The number of nitrogens with two attached hydrogens (primary N) is 1. The Bertz CT molecular complexity index is 454. The zero-order chi connectivity index (χ0) is 13.2. The molecule has 1 unspecified atom stereocenters. The van der Waals surface area contributed by atoms with Gasteiger partial charge in [0, 0.05) is 11.6 Å². The molecule has 2 rings (SSSR count). The van der Waals surface area contributed by atoms with Gasteiger partial charge in [-0.3, -0.25) is 0 Å². The molecule has 98 valence electrons. The molecule has 1 atom stereocenters. The first kappa shape index (κ1) is 13.0. The maximum atomic E-state index is 12.3. The van der Waals surface area contributed by atoms with Crippen LogP contribution in [0, 0.1) is 0 Å². The zero-order valence-electron chi connectivity index (χ0n) is 9.70. The molecule has 5 heteroatoms. The van der Waals surface area contributed by atoms with E-state index in [-0.39, 0.29) is 11.8 Å². The van der Waals surface area contributed by atoms with Gasteiger partial charge in [0.1, 0.15) is 5.75 Å². The van der Waals surface area contributed by atoms with E-state index in [1.54, 1.807) is 12.1 Å². The van der Waals surface area contributed by atoms with Crippen molar-refractivity contribution in [3.05, 3.63) is 35.9 Å². The lowest BCUT2D eigenvalue weighted by molar-refractivity contribution is -0.274. The molecule has 0 bridgehead atoms. The van der Waals surface area contributed by atoms with E-state index in [2.05, 4.69) is 4.74 Å². The largest absolute Gasteiger partial charge is 0.573 e. The van der Waals surface area contributed by atoms with Crippen LogP contribution in [0.25, 0.3) is 5.57 Å². The lowest BCUT2D eigenvalue weighted by Gasteiger charge is -2.20. The van der Waals surface area contributed by atoms with E-state index in [1.165, 1.54) is 12.1 Å². The van der Waals surface area contributed by atoms with Crippen molar-refractivity contribution < 1.29 is 17.9 Å². The van der Waals surface area contributed by atoms with Gasteiger partial charge in [0.05, 0.1) is 0 Å². The van der Waals surface area contributed by atoms with Crippen molar-refractivity contribution in [2.24, 2.45) is 5.73 Å². The highest BCUT2D eigenvalue weighted by atomic mass is 19.4. The first-order chi connectivity index (χ1) is 8.46. The smallest absolute Gasteiger partial charge is 0.405 e. The average Bonchev–Trinajstić information content (AvgIpc) is 2.27. The van der Waals surface area contributed by atoms with Crippen molar-refractivity contribution in [2.75, 3.05) is 0 Å². The average molecular weight is 257 g/mol. The summed E-state index contributed by atoms with van der Waals surface area (Å²) in [6.45, 7) is 0. The number of hydrogen-bond acceptors (Lipinski definition) is 2. The van der Waals surface area contributed by atoms with Gasteiger partial charge in [0.25, 0.3) is 0 Å². The Labute approximate surface area is 103 Å². The number of alkyl halides is 3. The van der Waals surface area contributed by atoms with E-state index in [1.807, 2.05) is 6.08 Å². The highest BCUT2D eigenvalue weighted by Gasteiger charge is 2.32. The fourth-order valence-electron chi connectivity index (χ4n) is 2.12. The van der Waals surface area contributed by atoms with Gasteiger partial charge in [-0.05, 0) is 30.9 Å². The van der Waals surface area contributed by atoms with Crippen molar-refractivity contribution in [3.8, 4) is 5.75 Å². The molecule has 1 aromatic rings. The highest BCUT2D eigenvalue weighted by molar-refractivity contribution is 5.71. The van der Waals surface area contributed by atoms with Crippen molar-refractivity contribution >= 4 is 5.57 Å². The Hall–Kier alpha value is -1.49. The minimum atomic E-state index is -4.67. The molecule has 1 aliphatic rings. The fraction of sp³-hybridized carbons (Fsp3) is 0.385. The molecule has 18 heavy (non-hydrogen) atoms. The molecule has 2 nitrogen and oxygen atoms in total. The molecule has 2 N–H and O–H groups in total. The zero-order valence-corrected chi connectivity index (χ0v) is 9.70. The number of para-hydroxylation sites is 1. The Balaban J connectivity index is 2.33. The van der Waals surface area contributed by atoms with Gasteiger partial charge < -0.3 is 10.5 Å². The molecule has 0 saturated heterocycles. The number of benzene rings is 1. The predicted octanol–water partition coefficient (Wildman–Crippen LogP) is 3.48. The number of rotatable bonds is 2. The molecular formula is C13H14F3NO. The Morgan fingerprint density at radius 3 is 2.61 bits per heavy atom. The molecule has 0 spiro atoms. The summed E-state index contributed by atoms with van der Waals surface area (Å²) < 4.78 is 40.9. The van der Waals surface area contributed by atoms with Crippen LogP contribution in [-0.4, -0.2) is 12.4 Å².